The summed E-state index contributed by atoms with van der Waals surface area (Å²) in [7, 11) is 0. The van der Waals surface area contributed by atoms with E-state index >= 15 is 0 Å². The van der Waals surface area contributed by atoms with E-state index in [1.54, 1.807) is 18.3 Å². The predicted octanol–water partition coefficient (Wildman–Crippen LogP) is 3.37. The molecule has 1 aromatic carbocycles. The van der Waals surface area contributed by atoms with Crippen molar-refractivity contribution < 1.29 is 4.39 Å². The maximum Gasteiger partial charge on any atom is 0.164 e. The van der Waals surface area contributed by atoms with Gasteiger partial charge in [-0.3, -0.25) is 4.57 Å². The van der Waals surface area contributed by atoms with Crippen molar-refractivity contribution in [3.8, 4) is 5.69 Å². The lowest BCUT2D eigenvalue weighted by molar-refractivity contribution is 0.352. The van der Waals surface area contributed by atoms with Gasteiger partial charge in [0, 0.05) is 18.7 Å². The molecule has 1 atom stereocenters. The topological polar surface area (TPSA) is 34.0 Å². The van der Waals surface area contributed by atoms with E-state index in [-0.39, 0.29) is 5.82 Å². The van der Waals surface area contributed by atoms with Gasteiger partial charge in [-0.05, 0) is 43.8 Å². The van der Waals surface area contributed by atoms with Crippen molar-refractivity contribution in [2.75, 3.05) is 19.6 Å². The highest BCUT2D eigenvalue weighted by Gasteiger charge is 2.29. The number of imidazole rings is 1. The number of benzene rings is 1. The highest BCUT2D eigenvalue weighted by atomic mass is 19.1. The van der Waals surface area contributed by atoms with Crippen LogP contribution < -0.4 is 0 Å². The minimum absolute atomic E-state index is 0.246. The van der Waals surface area contributed by atoms with Crippen LogP contribution in [0.1, 0.15) is 25.1 Å². The Labute approximate surface area is 134 Å². The lowest BCUT2D eigenvalue weighted by Gasteiger charge is -2.15. The van der Waals surface area contributed by atoms with E-state index in [9.17, 15) is 4.39 Å². The number of fused-ring (bicyclic) bond motifs is 1. The van der Waals surface area contributed by atoms with E-state index < -0.39 is 0 Å². The average molecular weight is 310 g/mol. The van der Waals surface area contributed by atoms with E-state index in [0.29, 0.717) is 11.6 Å². The highest BCUT2D eigenvalue weighted by Crippen LogP contribution is 2.31. The van der Waals surface area contributed by atoms with Crippen LogP contribution in [-0.4, -0.2) is 39.1 Å². The molecule has 1 aliphatic rings. The minimum atomic E-state index is -0.246. The second-order valence-corrected chi connectivity index (χ2v) is 5.98. The normalized spacial score (nSPS) is 18.8. The van der Waals surface area contributed by atoms with E-state index in [1.807, 2.05) is 22.8 Å². The molecule has 0 saturated carbocycles. The molecule has 3 aromatic rings. The van der Waals surface area contributed by atoms with Crippen molar-refractivity contribution in [2.45, 2.75) is 19.3 Å². The largest absolute Gasteiger partial charge is 0.303 e. The molecular weight excluding hydrogens is 291 g/mol. The Morgan fingerprint density at radius 2 is 2.09 bits per heavy atom. The number of aromatic nitrogens is 3. The monoisotopic (exact) mass is 310 g/mol. The van der Waals surface area contributed by atoms with Crippen LogP contribution in [0.3, 0.4) is 0 Å². The lowest BCUT2D eigenvalue weighted by Crippen LogP contribution is -2.20. The Bertz CT molecular complexity index is 842. The van der Waals surface area contributed by atoms with Crippen LogP contribution in [0.2, 0.25) is 0 Å². The lowest BCUT2D eigenvalue weighted by atomic mass is 10.1. The summed E-state index contributed by atoms with van der Waals surface area (Å²) in [6, 6.07) is 10.7. The molecule has 4 nitrogen and oxygen atoms in total. The van der Waals surface area contributed by atoms with Gasteiger partial charge in [0.1, 0.15) is 17.2 Å². The number of nitrogens with zero attached hydrogens (tertiary/aromatic N) is 4. The standard InChI is InChI=1S/C18H19FN4/c1-2-22-11-9-13(12-22)17-21-15-7-5-10-20-18(15)23(17)16-8-4-3-6-14(16)19/h3-8,10,13H,2,9,11-12H2,1H3. The Morgan fingerprint density at radius 1 is 1.22 bits per heavy atom. The zero-order valence-corrected chi connectivity index (χ0v) is 13.1. The predicted molar refractivity (Wildman–Crippen MR) is 88.3 cm³/mol. The van der Waals surface area contributed by atoms with Gasteiger partial charge in [-0.25, -0.2) is 14.4 Å². The van der Waals surface area contributed by atoms with E-state index in [2.05, 4.69) is 16.8 Å². The molecule has 1 saturated heterocycles. The quantitative estimate of drug-likeness (QED) is 0.744. The molecule has 2 aromatic heterocycles. The summed E-state index contributed by atoms with van der Waals surface area (Å²) in [5.74, 6) is 0.979. The highest BCUT2D eigenvalue weighted by molar-refractivity contribution is 5.74. The Hall–Kier alpha value is -2.27. The third-order valence-corrected chi connectivity index (χ3v) is 4.62. The fourth-order valence-electron chi connectivity index (χ4n) is 3.41. The van der Waals surface area contributed by atoms with Crippen LogP contribution in [0.15, 0.2) is 42.6 Å². The van der Waals surface area contributed by atoms with Crippen molar-refractivity contribution in [3.63, 3.8) is 0 Å². The molecule has 1 aliphatic heterocycles. The van der Waals surface area contributed by atoms with Gasteiger partial charge in [0.15, 0.2) is 5.65 Å². The number of likely N-dealkylation sites (N-methyl/N-ethyl adjacent to an activating group) is 1. The smallest absolute Gasteiger partial charge is 0.164 e. The third kappa shape index (κ3) is 2.41. The van der Waals surface area contributed by atoms with Crippen LogP contribution in [0.5, 0.6) is 0 Å². The van der Waals surface area contributed by atoms with Gasteiger partial charge < -0.3 is 4.90 Å². The Balaban J connectivity index is 1.91. The fourth-order valence-corrected chi connectivity index (χ4v) is 3.41. The van der Waals surface area contributed by atoms with Crippen LogP contribution in [0, 0.1) is 5.82 Å². The molecule has 1 fully saturated rings. The summed E-state index contributed by atoms with van der Waals surface area (Å²) in [6.07, 6.45) is 2.78. The number of likely N-dealkylation sites (tertiary alicyclic amines) is 1. The number of rotatable bonds is 3. The first-order valence-electron chi connectivity index (χ1n) is 8.08. The third-order valence-electron chi connectivity index (χ3n) is 4.62. The molecular formula is C18H19FN4. The summed E-state index contributed by atoms with van der Waals surface area (Å²) >= 11 is 0. The molecule has 0 bridgehead atoms. The number of hydrogen-bond acceptors (Lipinski definition) is 3. The van der Waals surface area contributed by atoms with Gasteiger partial charge in [0.2, 0.25) is 0 Å². The molecule has 118 valence electrons. The van der Waals surface area contributed by atoms with Crippen molar-refractivity contribution >= 4 is 11.2 Å². The van der Waals surface area contributed by atoms with Gasteiger partial charge in [-0.1, -0.05) is 19.1 Å². The van der Waals surface area contributed by atoms with Gasteiger partial charge in [0.05, 0.1) is 5.69 Å². The molecule has 0 N–H and O–H groups in total. The number of pyridine rings is 1. The molecule has 4 rings (SSSR count). The molecule has 5 heteroatoms. The SMILES string of the molecule is CCN1CCC(c2nc3cccnc3n2-c2ccccc2F)C1. The summed E-state index contributed by atoms with van der Waals surface area (Å²) in [6.45, 7) is 5.24. The second-order valence-electron chi connectivity index (χ2n) is 5.98. The number of halogens is 1. The van der Waals surface area contributed by atoms with E-state index in [4.69, 9.17) is 4.98 Å². The molecule has 1 unspecified atom stereocenters. The first kappa shape index (κ1) is 14.3. The maximum atomic E-state index is 14.4. The van der Waals surface area contributed by atoms with Crippen molar-refractivity contribution in [3.05, 3.63) is 54.2 Å². The minimum Gasteiger partial charge on any atom is -0.303 e. The van der Waals surface area contributed by atoms with Crippen LogP contribution in [0.25, 0.3) is 16.9 Å². The van der Waals surface area contributed by atoms with Gasteiger partial charge in [-0.2, -0.15) is 0 Å². The van der Waals surface area contributed by atoms with Crippen molar-refractivity contribution in [1.82, 2.24) is 19.4 Å². The number of hydrogen-bond donors (Lipinski definition) is 0. The molecule has 0 aliphatic carbocycles. The summed E-state index contributed by atoms with van der Waals surface area (Å²) < 4.78 is 16.3. The average Bonchev–Trinajstić information content (AvgIpc) is 3.19. The number of para-hydroxylation sites is 1. The second kappa shape index (κ2) is 5.74. The Kier molecular flexibility index (Phi) is 3.58. The molecule has 0 amide bonds. The van der Waals surface area contributed by atoms with Crippen molar-refractivity contribution in [1.29, 1.82) is 0 Å². The summed E-state index contributed by atoms with van der Waals surface area (Å²) in [4.78, 5) is 11.6. The maximum absolute atomic E-state index is 14.4. The van der Waals surface area contributed by atoms with Gasteiger partial charge in [0.25, 0.3) is 0 Å². The van der Waals surface area contributed by atoms with E-state index in [1.165, 1.54) is 6.07 Å². The molecule has 0 radical (unpaired) electrons. The summed E-state index contributed by atoms with van der Waals surface area (Å²) in [5, 5.41) is 0. The molecule has 3 heterocycles. The summed E-state index contributed by atoms with van der Waals surface area (Å²) in [5.41, 5.74) is 2.07. The zero-order chi connectivity index (χ0) is 15.8. The Morgan fingerprint density at radius 3 is 2.87 bits per heavy atom. The molecule has 0 spiro atoms. The fraction of sp³-hybridized carbons (Fsp3) is 0.333. The van der Waals surface area contributed by atoms with Crippen molar-refractivity contribution in [2.24, 2.45) is 0 Å². The van der Waals surface area contributed by atoms with Crippen LogP contribution in [-0.2, 0) is 0 Å². The van der Waals surface area contributed by atoms with Crippen LogP contribution >= 0.6 is 0 Å². The van der Waals surface area contributed by atoms with Crippen LogP contribution in [0.4, 0.5) is 4.39 Å². The first-order valence-corrected chi connectivity index (χ1v) is 8.08. The van der Waals surface area contributed by atoms with Gasteiger partial charge in [-0.15, -0.1) is 0 Å². The first-order chi connectivity index (χ1) is 11.3. The van der Waals surface area contributed by atoms with Gasteiger partial charge >= 0.3 is 0 Å². The molecule has 23 heavy (non-hydrogen) atoms. The van der Waals surface area contributed by atoms with E-state index in [0.717, 1.165) is 43.0 Å². The zero-order valence-electron chi connectivity index (χ0n) is 13.1.